The van der Waals surface area contributed by atoms with E-state index in [1.54, 1.807) is 11.6 Å². The Labute approximate surface area is 114 Å². The fourth-order valence-electron chi connectivity index (χ4n) is 1.86. The van der Waals surface area contributed by atoms with Crippen LogP contribution < -0.4 is 5.56 Å². The molecule has 0 aliphatic heterocycles. The van der Waals surface area contributed by atoms with Gasteiger partial charge in [-0.2, -0.15) is 4.68 Å². The molecule has 0 unspecified atom stereocenters. The third kappa shape index (κ3) is 1.95. The van der Waals surface area contributed by atoms with Gasteiger partial charge in [-0.15, -0.1) is 11.0 Å². The molecule has 0 aliphatic carbocycles. The predicted octanol–water partition coefficient (Wildman–Crippen LogP) is 1.00. The van der Waals surface area contributed by atoms with Gasteiger partial charge in [-0.1, -0.05) is 29.3 Å². The minimum atomic E-state index is -0.236. The van der Waals surface area contributed by atoms with Gasteiger partial charge in [0, 0.05) is 0 Å². The molecule has 1 aromatic carbocycles. The Hall–Kier alpha value is -2.94. The van der Waals surface area contributed by atoms with Crippen LogP contribution in [-0.4, -0.2) is 24.5 Å². The van der Waals surface area contributed by atoms with Gasteiger partial charge in [0.2, 0.25) is 0 Å². The first-order valence-electron chi connectivity index (χ1n) is 6.07. The highest BCUT2D eigenvalue weighted by molar-refractivity contribution is 5.70. The lowest BCUT2D eigenvalue weighted by Crippen LogP contribution is -2.20. The third-order valence-electron chi connectivity index (χ3n) is 2.86. The van der Waals surface area contributed by atoms with Gasteiger partial charge in [-0.3, -0.25) is 9.36 Å². The van der Waals surface area contributed by atoms with Crippen LogP contribution in [0, 0.1) is 11.8 Å². The second-order valence-electron chi connectivity index (χ2n) is 4.11. The first kappa shape index (κ1) is 12.1. The van der Waals surface area contributed by atoms with Crippen LogP contribution in [0.2, 0.25) is 0 Å². The summed E-state index contributed by atoms with van der Waals surface area (Å²) >= 11 is 0. The smallest absolute Gasteiger partial charge is 0.284 e. The van der Waals surface area contributed by atoms with Crippen LogP contribution in [-0.2, 0) is 6.54 Å². The van der Waals surface area contributed by atoms with E-state index in [-0.39, 0.29) is 11.1 Å². The molecular weight excluding hydrogens is 254 g/mol. The molecule has 0 saturated carbocycles. The number of nitrogens with zero attached hydrogens (tertiary/aromatic N) is 5. The second kappa shape index (κ2) is 4.97. The van der Waals surface area contributed by atoms with Crippen LogP contribution in [0.3, 0.4) is 0 Å². The van der Waals surface area contributed by atoms with Crippen molar-refractivity contribution in [1.29, 1.82) is 0 Å². The summed E-state index contributed by atoms with van der Waals surface area (Å²) in [6.07, 6.45) is 1.47. The molecule has 0 bridgehead atoms. The molecule has 3 rings (SSSR count). The first-order chi connectivity index (χ1) is 9.81. The average Bonchev–Trinajstić information content (AvgIpc) is 2.92. The SMILES string of the molecule is CC#CCn1cnc2c(nnn2-c2ccccc2)c1=O. The Morgan fingerprint density at radius 1 is 1.25 bits per heavy atom. The van der Waals surface area contributed by atoms with E-state index in [1.807, 2.05) is 30.3 Å². The number of aromatic nitrogens is 5. The summed E-state index contributed by atoms with van der Waals surface area (Å²) in [5, 5.41) is 7.93. The van der Waals surface area contributed by atoms with Gasteiger partial charge in [0.15, 0.2) is 11.2 Å². The molecule has 20 heavy (non-hydrogen) atoms. The van der Waals surface area contributed by atoms with E-state index in [9.17, 15) is 4.79 Å². The Bertz CT molecular complexity index is 867. The van der Waals surface area contributed by atoms with Crippen LogP contribution >= 0.6 is 0 Å². The maximum absolute atomic E-state index is 12.2. The summed E-state index contributed by atoms with van der Waals surface area (Å²) in [6, 6.07) is 9.45. The van der Waals surface area contributed by atoms with Crippen LogP contribution in [0.15, 0.2) is 41.5 Å². The maximum atomic E-state index is 12.2. The molecule has 6 nitrogen and oxygen atoms in total. The Morgan fingerprint density at radius 3 is 2.80 bits per heavy atom. The Kier molecular flexibility index (Phi) is 3.01. The van der Waals surface area contributed by atoms with Gasteiger partial charge in [0.25, 0.3) is 5.56 Å². The van der Waals surface area contributed by atoms with Gasteiger partial charge in [-0.05, 0) is 19.1 Å². The standard InChI is InChI=1S/C14H11N5O/c1-2-3-9-18-10-15-13-12(14(18)20)16-17-19(13)11-7-5-4-6-8-11/h4-8,10H,9H2,1H3. The minimum Gasteiger partial charge on any atom is -0.285 e. The molecule has 0 saturated heterocycles. The van der Waals surface area contributed by atoms with E-state index in [0.29, 0.717) is 12.2 Å². The van der Waals surface area contributed by atoms with E-state index in [2.05, 4.69) is 27.1 Å². The summed E-state index contributed by atoms with van der Waals surface area (Å²) < 4.78 is 2.97. The number of hydrogen-bond acceptors (Lipinski definition) is 4. The number of fused-ring (bicyclic) bond motifs is 1. The van der Waals surface area contributed by atoms with Crippen molar-refractivity contribution < 1.29 is 0 Å². The van der Waals surface area contributed by atoms with E-state index < -0.39 is 0 Å². The van der Waals surface area contributed by atoms with Crippen molar-refractivity contribution in [1.82, 2.24) is 24.5 Å². The highest BCUT2D eigenvalue weighted by Gasteiger charge is 2.12. The highest BCUT2D eigenvalue weighted by Crippen LogP contribution is 2.10. The molecule has 0 spiro atoms. The number of hydrogen-bond donors (Lipinski definition) is 0. The largest absolute Gasteiger partial charge is 0.285 e. The van der Waals surface area contributed by atoms with Crippen molar-refractivity contribution in [2.45, 2.75) is 13.5 Å². The van der Waals surface area contributed by atoms with Crippen molar-refractivity contribution in [2.75, 3.05) is 0 Å². The molecule has 6 heteroatoms. The minimum absolute atomic E-state index is 0.236. The summed E-state index contributed by atoms with van der Waals surface area (Å²) in [6.45, 7) is 2.03. The zero-order chi connectivity index (χ0) is 13.9. The molecule has 0 amide bonds. The van der Waals surface area contributed by atoms with Gasteiger partial charge < -0.3 is 0 Å². The lowest BCUT2D eigenvalue weighted by atomic mass is 10.3. The lowest BCUT2D eigenvalue weighted by Gasteiger charge is -2.01. The topological polar surface area (TPSA) is 65.6 Å². The van der Waals surface area contributed by atoms with E-state index in [1.165, 1.54) is 10.9 Å². The van der Waals surface area contributed by atoms with Crippen LogP contribution in [0.4, 0.5) is 0 Å². The summed E-state index contributed by atoms with van der Waals surface area (Å²) in [5.74, 6) is 5.57. The molecule has 2 heterocycles. The quantitative estimate of drug-likeness (QED) is 0.648. The fourth-order valence-corrected chi connectivity index (χ4v) is 1.86. The fraction of sp³-hybridized carbons (Fsp3) is 0.143. The molecule has 0 N–H and O–H groups in total. The molecule has 0 radical (unpaired) electrons. The molecule has 0 atom stereocenters. The van der Waals surface area contributed by atoms with Crippen molar-refractivity contribution in [3.8, 4) is 17.5 Å². The van der Waals surface area contributed by atoms with E-state index in [4.69, 9.17) is 0 Å². The highest BCUT2D eigenvalue weighted by atomic mass is 16.1. The van der Waals surface area contributed by atoms with Crippen molar-refractivity contribution in [2.24, 2.45) is 0 Å². The monoisotopic (exact) mass is 265 g/mol. The first-order valence-corrected chi connectivity index (χ1v) is 6.07. The van der Waals surface area contributed by atoms with Gasteiger partial charge in [0.1, 0.15) is 6.33 Å². The van der Waals surface area contributed by atoms with Crippen LogP contribution in [0.5, 0.6) is 0 Å². The molecular formula is C14H11N5O. The van der Waals surface area contributed by atoms with E-state index in [0.717, 1.165) is 5.69 Å². The van der Waals surface area contributed by atoms with Crippen molar-refractivity contribution in [3.63, 3.8) is 0 Å². The molecule has 3 aromatic rings. The maximum Gasteiger partial charge on any atom is 0.284 e. The summed E-state index contributed by atoms with van der Waals surface area (Å²) in [5.41, 5.74) is 1.27. The number of para-hydroxylation sites is 1. The molecule has 0 aliphatic rings. The van der Waals surface area contributed by atoms with Crippen LogP contribution in [0.1, 0.15) is 6.92 Å². The van der Waals surface area contributed by atoms with Gasteiger partial charge >= 0.3 is 0 Å². The normalized spacial score (nSPS) is 10.2. The number of benzene rings is 1. The zero-order valence-electron chi connectivity index (χ0n) is 10.8. The molecule has 0 fully saturated rings. The Morgan fingerprint density at radius 2 is 2.05 bits per heavy atom. The summed E-state index contributed by atoms with van der Waals surface area (Å²) in [4.78, 5) is 16.5. The molecule has 98 valence electrons. The lowest BCUT2D eigenvalue weighted by molar-refractivity contribution is 0.778. The van der Waals surface area contributed by atoms with E-state index >= 15 is 0 Å². The van der Waals surface area contributed by atoms with Crippen molar-refractivity contribution >= 4 is 11.2 Å². The number of rotatable bonds is 2. The van der Waals surface area contributed by atoms with Gasteiger partial charge in [0.05, 0.1) is 12.2 Å². The third-order valence-corrected chi connectivity index (χ3v) is 2.86. The summed E-state index contributed by atoms with van der Waals surface area (Å²) in [7, 11) is 0. The zero-order valence-corrected chi connectivity index (χ0v) is 10.8. The van der Waals surface area contributed by atoms with Gasteiger partial charge in [-0.25, -0.2) is 4.98 Å². The predicted molar refractivity (Wildman–Crippen MR) is 74.4 cm³/mol. The Balaban J connectivity index is 2.17. The average molecular weight is 265 g/mol. The molecule has 2 aromatic heterocycles. The second-order valence-corrected chi connectivity index (χ2v) is 4.11. The van der Waals surface area contributed by atoms with Crippen molar-refractivity contribution in [3.05, 3.63) is 47.0 Å². The van der Waals surface area contributed by atoms with Crippen LogP contribution in [0.25, 0.3) is 16.9 Å².